The lowest BCUT2D eigenvalue weighted by Gasteiger charge is -2.33. The van der Waals surface area contributed by atoms with E-state index in [4.69, 9.17) is 46.4 Å². The van der Waals surface area contributed by atoms with Crippen LogP contribution in [0.4, 0.5) is 5.69 Å². The van der Waals surface area contributed by atoms with Crippen LogP contribution in [0.2, 0.25) is 20.1 Å². The molecule has 0 spiro atoms. The number of nitrogens with one attached hydrogen (secondary N) is 1. The molecule has 0 saturated carbocycles. The van der Waals surface area contributed by atoms with E-state index in [1.54, 1.807) is 43.3 Å². The van der Waals surface area contributed by atoms with Gasteiger partial charge in [-0.2, -0.15) is 0 Å². The molecule has 0 aliphatic rings. The minimum absolute atomic E-state index is 0.0112. The van der Waals surface area contributed by atoms with Crippen molar-refractivity contribution in [1.29, 1.82) is 0 Å². The fourth-order valence-corrected chi connectivity index (χ4v) is 6.12. The molecule has 3 aromatic rings. The summed E-state index contributed by atoms with van der Waals surface area (Å²) in [5.74, 6) is -0.949. The number of hydrogen-bond donors (Lipinski definition) is 1. The summed E-state index contributed by atoms with van der Waals surface area (Å²) in [6, 6.07) is 16.0. The van der Waals surface area contributed by atoms with Crippen molar-refractivity contribution in [2.75, 3.05) is 10.8 Å². The number of hydrogen-bond acceptors (Lipinski definition) is 4. The topological polar surface area (TPSA) is 86.8 Å². The summed E-state index contributed by atoms with van der Waals surface area (Å²) in [5.41, 5.74) is 0.762. The van der Waals surface area contributed by atoms with E-state index in [-0.39, 0.29) is 50.6 Å². The molecule has 12 heteroatoms. The molecule has 3 aromatic carbocycles. The molecule has 1 N–H and O–H groups in total. The van der Waals surface area contributed by atoms with E-state index < -0.39 is 28.5 Å². The minimum Gasteiger partial charge on any atom is -0.352 e. The van der Waals surface area contributed by atoms with Gasteiger partial charge in [-0.25, -0.2) is 8.42 Å². The van der Waals surface area contributed by atoms with Crippen LogP contribution in [0.5, 0.6) is 0 Å². The van der Waals surface area contributed by atoms with Gasteiger partial charge in [0.1, 0.15) is 12.6 Å². The van der Waals surface area contributed by atoms with Crippen LogP contribution >= 0.6 is 46.4 Å². The third-order valence-corrected chi connectivity index (χ3v) is 9.79. The smallest absolute Gasteiger partial charge is 0.264 e. The predicted molar refractivity (Wildman–Crippen MR) is 166 cm³/mol. The Morgan fingerprint density at radius 3 is 2.00 bits per heavy atom. The first kappa shape index (κ1) is 33.0. The van der Waals surface area contributed by atoms with Crippen LogP contribution in [-0.4, -0.2) is 43.8 Å². The number of halogens is 4. The van der Waals surface area contributed by atoms with Crippen LogP contribution in [0.25, 0.3) is 0 Å². The highest BCUT2D eigenvalue weighted by Gasteiger charge is 2.34. The zero-order chi connectivity index (χ0) is 30.3. The van der Waals surface area contributed by atoms with Crippen LogP contribution in [0.1, 0.15) is 39.2 Å². The molecule has 0 aliphatic heterocycles. The van der Waals surface area contributed by atoms with Gasteiger partial charge in [0.15, 0.2) is 0 Å². The second-order valence-electron chi connectivity index (χ2n) is 9.44. The van der Waals surface area contributed by atoms with Gasteiger partial charge in [0.05, 0.1) is 30.7 Å². The first-order valence-electron chi connectivity index (χ1n) is 13.0. The molecular weight excluding hydrogens is 628 g/mol. The van der Waals surface area contributed by atoms with Gasteiger partial charge in [0.2, 0.25) is 11.8 Å². The molecule has 3 rings (SSSR count). The quantitative estimate of drug-likeness (QED) is 0.223. The third kappa shape index (κ3) is 8.30. The summed E-state index contributed by atoms with van der Waals surface area (Å²) < 4.78 is 28.7. The first-order chi connectivity index (χ1) is 19.4. The van der Waals surface area contributed by atoms with E-state index in [0.717, 1.165) is 4.31 Å². The number of sulfonamides is 1. The molecular formula is C29H31Cl4N3O4S. The standard InChI is InChI=1S/C29H31Cl4N3O4S/c1-4-19(3)34-29(38)27(5-2)35(17-20-11-13-23(30)25(32)15-20)28(37)18-36(21-12-14-24(31)26(33)16-21)41(39,40)22-9-7-6-8-10-22/h6-16,19,27H,4-5,17-18H2,1-3H3,(H,34,38)/t19-,27+/m1/s1. The molecule has 0 radical (unpaired) electrons. The number of carbonyl (C=O) groups excluding carboxylic acids is 2. The molecule has 0 fully saturated rings. The molecule has 41 heavy (non-hydrogen) atoms. The Kier molecular flexibility index (Phi) is 11.8. The van der Waals surface area contributed by atoms with E-state index in [9.17, 15) is 18.0 Å². The molecule has 2 atom stereocenters. The van der Waals surface area contributed by atoms with Crippen molar-refractivity contribution in [3.05, 3.63) is 92.4 Å². The lowest BCUT2D eigenvalue weighted by atomic mass is 10.1. The van der Waals surface area contributed by atoms with Crippen molar-refractivity contribution in [2.45, 2.75) is 57.1 Å². The van der Waals surface area contributed by atoms with Crippen molar-refractivity contribution in [2.24, 2.45) is 0 Å². The lowest BCUT2D eigenvalue weighted by Crippen LogP contribution is -2.53. The fraction of sp³-hybridized carbons (Fsp3) is 0.310. The van der Waals surface area contributed by atoms with Crippen LogP contribution in [-0.2, 0) is 26.2 Å². The van der Waals surface area contributed by atoms with Gasteiger partial charge in [0.25, 0.3) is 10.0 Å². The molecule has 0 heterocycles. The molecule has 0 unspecified atom stereocenters. The van der Waals surface area contributed by atoms with E-state index in [1.165, 1.54) is 35.2 Å². The zero-order valence-corrected chi connectivity index (χ0v) is 26.6. The summed E-state index contributed by atoms with van der Waals surface area (Å²) in [4.78, 5) is 28.8. The monoisotopic (exact) mass is 657 g/mol. The average Bonchev–Trinajstić information content (AvgIpc) is 2.95. The zero-order valence-electron chi connectivity index (χ0n) is 22.8. The molecule has 0 aliphatic carbocycles. The highest BCUT2D eigenvalue weighted by molar-refractivity contribution is 7.92. The van der Waals surface area contributed by atoms with Crippen molar-refractivity contribution in [3.63, 3.8) is 0 Å². The summed E-state index contributed by atoms with van der Waals surface area (Å²) in [5, 5.41) is 3.92. The summed E-state index contributed by atoms with van der Waals surface area (Å²) in [6.45, 7) is 4.97. The predicted octanol–water partition coefficient (Wildman–Crippen LogP) is 7.22. The van der Waals surface area contributed by atoms with Crippen LogP contribution < -0.4 is 9.62 Å². The van der Waals surface area contributed by atoms with Gasteiger partial charge < -0.3 is 10.2 Å². The second kappa shape index (κ2) is 14.6. The molecule has 2 amide bonds. The number of rotatable bonds is 12. The maximum Gasteiger partial charge on any atom is 0.264 e. The Balaban J connectivity index is 2.09. The van der Waals surface area contributed by atoms with Crippen LogP contribution in [0.15, 0.2) is 71.6 Å². The molecule has 220 valence electrons. The largest absolute Gasteiger partial charge is 0.352 e. The van der Waals surface area contributed by atoms with Gasteiger partial charge in [-0.05, 0) is 67.8 Å². The molecule has 7 nitrogen and oxygen atoms in total. The van der Waals surface area contributed by atoms with Crippen molar-refractivity contribution < 1.29 is 18.0 Å². The maximum absolute atomic E-state index is 14.1. The van der Waals surface area contributed by atoms with E-state index >= 15 is 0 Å². The highest BCUT2D eigenvalue weighted by atomic mass is 35.5. The normalized spacial score (nSPS) is 12.9. The second-order valence-corrected chi connectivity index (χ2v) is 12.9. The number of amides is 2. The molecule has 0 bridgehead atoms. The number of carbonyl (C=O) groups is 2. The van der Waals surface area contributed by atoms with Gasteiger partial charge in [0, 0.05) is 12.6 Å². The van der Waals surface area contributed by atoms with Gasteiger partial charge in [-0.1, -0.05) is 84.5 Å². The Hall–Kier alpha value is -2.49. The molecule has 0 aromatic heterocycles. The lowest BCUT2D eigenvalue weighted by molar-refractivity contribution is -0.140. The van der Waals surface area contributed by atoms with Crippen molar-refractivity contribution >= 4 is 73.9 Å². The average molecular weight is 659 g/mol. The van der Waals surface area contributed by atoms with E-state index in [2.05, 4.69) is 5.32 Å². The number of nitrogens with zero attached hydrogens (tertiary/aromatic N) is 2. The summed E-state index contributed by atoms with van der Waals surface area (Å²) in [7, 11) is -4.23. The molecule has 0 saturated heterocycles. The minimum atomic E-state index is -4.23. The fourth-order valence-electron chi connectivity index (χ4n) is 4.08. The summed E-state index contributed by atoms with van der Waals surface area (Å²) >= 11 is 24.7. The van der Waals surface area contributed by atoms with Crippen LogP contribution in [0, 0.1) is 0 Å². The van der Waals surface area contributed by atoms with Gasteiger partial charge in [-0.15, -0.1) is 0 Å². The third-order valence-electron chi connectivity index (χ3n) is 6.53. The number of benzene rings is 3. The van der Waals surface area contributed by atoms with E-state index in [0.29, 0.717) is 17.0 Å². The SMILES string of the molecule is CC[C@@H](C)NC(=O)[C@H](CC)N(Cc1ccc(Cl)c(Cl)c1)C(=O)CN(c1ccc(Cl)c(Cl)c1)S(=O)(=O)c1ccccc1. The summed E-state index contributed by atoms with van der Waals surface area (Å²) in [6.07, 6.45) is 0.983. The van der Waals surface area contributed by atoms with Gasteiger partial charge in [-0.3, -0.25) is 13.9 Å². The number of anilines is 1. The Morgan fingerprint density at radius 2 is 1.44 bits per heavy atom. The van der Waals surface area contributed by atoms with Crippen LogP contribution in [0.3, 0.4) is 0 Å². The Bertz CT molecular complexity index is 1490. The Labute approximate surface area is 261 Å². The highest BCUT2D eigenvalue weighted by Crippen LogP contribution is 2.31. The first-order valence-corrected chi connectivity index (χ1v) is 15.9. The van der Waals surface area contributed by atoms with Gasteiger partial charge >= 0.3 is 0 Å². The van der Waals surface area contributed by atoms with E-state index in [1.807, 2.05) is 13.8 Å². The van der Waals surface area contributed by atoms with Crippen molar-refractivity contribution in [1.82, 2.24) is 10.2 Å². The van der Waals surface area contributed by atoms with Crippen molar-refractivity contribution in [3.8, 4) is 0 Å². The Morgan fingerprint density at radius 1 is 0.829 bits per heavy atom. The maximum atomic E-state index is 14.1.